The predicted molar refractivity (Wildman–Crippen MR) is 319 cm³/mol. The fourth-order valence-electron chi connectivity index (χ4n) is 13.4. The van der Waals surface area contributed by atoms with Gasteiger partial charge in [-0.05, 0) is 123 Å². The van der Waals surface area contributed by atoms with Gasteiger partial charge in [0.25, 0.3) is 0 Å². The number of benzene rings is 12. The summed E-state index contributed by atoms with van der Waals surface area (Å²) in [5, 5.41) is 9.77. The van der Waals surface area contributed by atoms with Gasteiger partial charge < -0.3 is 18.3 Å². The minimum absolute atomic E-state index is 1.10. The fourth-order valence-corrected chi connectivity index (χ4v) is 13.4. The first-order chi connectivity index (χ1) is 37.7. The molecule has 76 heavy (non-hydrogen) atoms. The monoisotopic (exact) mass is 964 g/mol. The average molecular weight is 965 g/mol. The van der Waals surface area contributed by atoms with Crippen molar-refractivity contribution in [2.45, 2.75) is 0 Å². The zero-order valence-corrected chi connectivity index (χ0v) is 41.2. The first kappa shape index (κ1) is 41.3. The van der Waals surface area contributed by atoms with Crippen LogP contribution in [0.4, 0.5) is 0 Å². The molecule has 4 heterocycles. The summed E-state index contributed by atoms with van der Waals surface area (Å²) < 4.78 is 10.0. The summed E-state index contributed by atoms with van der Waals surface area (Å²) in [5.74, 6) is 0. The second kappa shape index (κ2) is 15.7. The number of nitrogens with zero attached hydrogens (tertiary/aromatic N) is 4. The van der Waals surface area contributed by atoms with E-state index < -0.39 is 0 Å². The molecule has 4 aromatic heterocycles. The van der Waals surface area contributed by atoms with E-state index in [-0.39, 0.29) is 0 Å². The summed E-state index contributed by atoms with van der Waals surface area (Å²) in [6.45, 7) is 0. The molecule has 17 rings (SSSR count). The van der Waals surface area contributed by atoms with Gasteiger partial charge in [0.15, 0.2) is 0 Å². The molecule has 0 saturated carbocycles. The van der Waals surface area contributed by atoms with Gasteiger partial charge in [-0.3, -0.25) is 0 Å². The molecule has 0 amide bonds. The van der Waals surface area contributed by atoms with Crippen molar-refractivity contribution in [2.75, 3.05) is 0 Å². The van der Waals surface area contributed by atoms with Crippen molar-refractivity contribution in [2.24, 2.45) is 0 Å². The normalized spacial score (nSPS) is 12.2. The van der Waals surface area contributed by atoms with Crippen molar-refractivity contribution in [3.8, 4) is 67.3 Å². The van der Waals surface area contributed by atoms with Gasteiger partial charge in [-0.15, -0.1) is 0 Å². The van der Waals surface area contributed by atoms with Crippen molar-refractivity contribution in [3.63, 3.8) is 0 Å². The lowest BCUT2D eigenvalue weighted by molar-refractivity contribution is 1.11. The van der Waals surface area contributed by atoms with Crippen LogP contribution in [0.2, 0.25) is 0 Å². The third-order valence-corrected chi connectivity index (χ3v) is 16.5. The van der Waals surface area contributed by atoms with Crippen LogP contribution in [-0.2, 0) is 0 Å². The highest BCUT2D eigenvalue weighted by molar-refractivity contribution is 6.18. The maximum atomic E-state index is 2.55. The number of rotatable bonds is 4. The van der Waals surface area contributed by atoms with E-state index in [1.165, 1.54) is 110 Å². The van der Waals surface area contributed by atoms with E-state index in [1.54, 1.807) is 0 Å². The highest BCUT2D eigenvalue weighted by Gasteiger charge is 2.27. The Morgan fingerprint density at radius 3 is 0.947 bits per heavy atom. The van der Waals surface area contributed by atoms with Crippen LogP contribution in [0.5, 0.6) is 0 Å². The van der Waals surface area contributed by atoms with E-state index in [2.05, 4.69) is 285 Å². The Labute approximate surface area is 437 Å². The van der Waals surface area contributed by atoms with Gasteiger partial charge >= 0.3 is 0 Å². The molecule has 0 aliphatic heterocycles. The van der Waals surface area contributed by atoms with Crippen LogP contribution >= 0.6 is 0 Å². The SMILES string of the molecule is c1ccc2c(c1)-c1ccccc1-c1ccc(-n3c4ccccc4c4cc(-n5c6ccccc6c6ccccc65)cc(-n5c6ccccc6c6cc(-n7c8ccccc8c8ccccc87)ccc65)c43)cc1-c1ccccc1-2. The summed E-state index contributed by atoms with van der Waals surface area (Å²) in [7, 11) is 0. The summed E-state index contributed by atoms with van der Waals surface area (Å²) >= 11 is 0. The quantitative estimate of drug-likeness (QED) is 0.167. The standard InChI is InChI=1S/C72H44N4/c1-2-20-49-48(19-1)50-21-3-4-23-52(50)54-39-37-46(41-61(54)53-24-6-5-22-51(49)53)75-68-35-17-12-30-60(68)63-43-47(74-66-33-15-9-27-57(66)58-28-10-16-34-67(58)74)44-71(72(63)75)76-69-36-18-11-29-59(69)62-42-45(38-40-70(62)76)73-64-31-13-7-25-55(64)56-26-8-14-32-65(56)73/h1-44H. The van der Waals surface area contributed by atoms with Crippen LogP contribution in [0.1, 0.15) is 0 Å². The highest BCUT2D eigenvalue weighted by atomic mass is 15.1. The van der Waals surface area contributed by atoms with Gasteiger partial charge in [-0.25, -0.2) is 0 Å². The van der Waals surface area contributed by atoms with Crippen molar-refractivity contribution in [1.82, 2.24) is 18.3 Å². The molecule has 0 bridgehead atoms. The van der Waals surface area contributed by atoms with Gasteiger partial charge in [-0.2, -0.15) is 0 Å². The summed E-state index contributed by atoms with van der Waals surface area (Å²) in [6, 6.07) is 99.3. The Morgan fingerprint density at radius 1 is 0.171 bits per heavy atom. The van der Waals surface area contributed by atoms with Crippen LogP contribution in [0.3, 0.4) is 0 Å². The zero-order valence-electron chi connectivity index (χ0n) is 41.2. The Morgan fingerprint density at radius 2 is 0.474 bits per heavy atom. The maximum Gasteiger partial charge on any atom is 0.0784 e. The molecule has 0 atom stereocenters. The second-order valence-corrected chi connectivity index (χ2v) is 20.4. The molecule has 12 aromatic carbocycles. The van der Waals surface area contributed by atoms with Crippen molar-refractivity contribution in [3.05, 3.63) is 267 Å². The molecule has 0 N–H and O–H groups in total. The smallest absolute Gasteiger partial charge is 0.0784 e. The Bertz CT molecular complexity index is 5020. The minimum Gasteiger partial charge on any atom is -0.309 e. The minimum atomic E-state index is 1.10. The topological polar surface area (TPSA) is 19.7 Å². The highest BCUT2D eigenvalue weighted by Crippen LogP contribution is 2.50. The van der Waals surface area contributed by atoms with E-state index in [4.69, 9.17) is 0 Å². The lowest BCUT2D eigenvalue weighted by atomic mass is 9.81. The first-order valence-corrected chi connectivity index (χ1v) is 26.3. The second-order valence-electron chi connectivity index (χ2n) is 20.4. The lowest BCUT2D eigenvalue weighted by Gasteiger charge is -2.24. The van der Waals surface area contributed by atoms with E-state index in [0.717, 1.165) is 44.8 Å². The predicted octanol–water partition coefficient (Wildman–Crippen LogP) is 19.1. The van der Waals surface area contributed by atoms with Gasteiger partial charge in [0.2, 0.25) is 0 Å². The van der Waals surface area contributed by atoms with Gasteiger partial charge in [0.1, 0.15) is 0 Å². The number of hydrogen-bond donors (Lipinski definition) is 0. The Kier molecular flexibility index (Phi) is 8.52. The largest absolute Gasteiger partial charge is 0.309 e. The van der Waals surface area contributed by atoms with Gasteiger partial charge in [-0.1, -0.05) is 188 Å². The molecule has 0 radical (unpaired) electrons. The third-order valence-electron chi connectivity index (χ3n) is 16.5. The molecule has 0 fully saturated rings. The van der Waals surface area contributed by atoms with Crippen molar-refractivity contribution < 1.29 is 0 Å². The number of hydrogen-bond acceptors (Lipinski definition) is 0. The fraction of sp³-hybridized carbons (Fsp3) is 0. The molecule has 4 heteroatoms. The number of para-hydroxylation sites is 6. The van der Waals surface area contributed by atoms with Crippen molar-refractivity contribution in [1.29, 1.82) is 0 Å². The molecular formula is C72H44N4. The molecule has 1 aliphatic rings. The number of aromatic nitrogens is 4. The van der Waals surface area contributed by atoms with Crippen LogP contribution in [0.15, 0.2) is 267 Å². The van der Waals surface area contributed by atoms with Crippen molar-refractivity contribution >= 4 is 87.2 Å². The summed E-state index contributed by atoms with van der Waals surface area (Å²) in [4.78, 5) is 0. The summed E-state index contributed by atoms with van der Waals surface area (Å²) in [6.07, 6.45) is 0. The molecule has 4 nitrogen and oxygen atoms in total. The molecule has 0 unspecified atom stereocenters. The molecular weight excluding hydrogens is 921 g/mol. The van der Waals surface area contributed by atoms with E-state index in [9.17, 15) is 0 Å². The molecule has 0 spiro atoms. The van der Waals surface area contributed by atoms with Gasteiger partial charge in [0.05, 0.1) is 49.8 Å². The average Bonchev–Trinajstić information content (AvgIpc) is 4.22. The first-order valence-electron chi connectivity index (χ1n) is 26.3. The van der Waals surface area contributed by atoms with Crippen LogP contribution in [-0.4, -0.2) is 18.3 Å². The summed E-state index contributed by atoms with van der Waals surface area (Å²) in [5.41, 5.74) is 23.6. The van der Waals surface area contributed by atoms with E-state index in [1.807, 2.05) is 0 Å². The van der Waals surface area contributed by atoms with E-state index in [0.29, 0.717) is 0 Å². The van der Waals surface area contributed by atoms with Gasteiger partial charge in [0, 0.05) is 60.2 Å². The van der Waals surface area contributed by atoms with Crippen LogP contribution in [0.25, 0.3) is 154 Å². The molecule has 352 valence electrons. The van der Waals surface area contributed by atoms with Crippen LogP contribution in [0, 0.1) is 0 Å². The lowest BCUT2D eigenvalue weighted by Crippen LogP contribution is -2.04. The number of fused-ring (bicyclic) bond motifs is 20. The third kappa shape index (κ3) is 5.67. The zero-order chi connectivity index (χ0) is 49.6. The van der Waals surface area contributed by atoms with E-state index >= 15 is 0 Å². The molecule has 16 aromatic rings. The van der Waals surface area contributed by atoms with Crippen LogP contribution < -0.4 is 0 Å². The maximum absolute atomic E-state index is 2.55. The Hall–Kier alpha value is -10.2. The Balaban J connectivity index is 1.00. The molecule has 0 saturated heterocycles. The molecule has 1 aliphatic carbocycles.